The Morgan fingerprint density at radius 1 is 1.19 bits per heavy atom. The van der Waals surface area contributed by atoms with Crippen LogP contribution in [0, 0.1) is 5.82 Å². The highest BCUT2D eigenvalue weighted by Gasteiger charge is 2.28. The van der Waals surface area contributed by atoms with Gasteiger partial charge in [-0.05, 0) is 69.4 Å². The van der Waals surface area contributed by atoms with Crippen LogP contribution in [0.1, 0.15) is 55.5 Å². The number of hydrogen-bond acceptors (Lipinski definition) is 5. The van der Waals surface area contributed by atoms with Crippen molar-refractivity contribution in [2.24, 2.45) is 0 Å². The van der Waals surface area contributed by atoms with Crippen LogP contribution in [0.2, 0.25) is 5.02 Å². The predicted molar refractivity (Wildman–Crippen MR) is 116 cm³/mol. The highest BCUT2D eigenvalue weighted by molar-refractivity contribution is 6.31. The van der Waals surface area contributed by atoms with Crippen LogP contribution in [0.25, 0.3) is 11.3 Å². The molecule has 2 heterocycles. The summed E-state index contributed by atoms with van der Waals surface area (Å²) in [5.74, 6) is -1.05. The first-order valence-corrected chi connectivity index (χ1v) is 10.5. The van der Waals surface area contributed by atoms with Crippen LogP contribution in [-0.4, -0.2) is 47.7 Å². The Bertz CT molecular complexity index is 982. The average molecular weight is 449 g/mol. The second-order valence-corrected chi connectivity index (χ2v) is 8.93. The minimum absolute atomic E-state index is 0.116. The van der Waals surface area contributed by atoms with Gasteiger partial charge in [0.2, 0.25) is 0 Å². The van der Waals surface area contributed by atoms with E-state index in [4.69, 9.17) is 16.3 Å². The Labute approximate surface area is 186 Å². The van der Waals surface area contributed by atoms with Gasteiger partial charge in [-0.15, -0.1) is 0 Å². The summed E-state index contributed by atoms with van der Waals surface area (Å²) >= 11 is 6.41. The number of carbonyl (C=O) groups excluding carboxylic acids is 2. The van der Waals surface area contributed by atoms with E-state index in [0.717, 1.165) is 11.6 Å². The fourth-order valence-electron chi connectivity index (χ4n) is 3.58. The molecule has 166 valence electrons. The van der Waals surface area contributed by atoms with E-state index in [2.05, 4.69) is 9.72 Å². The van der Waals surface area contributed by atoms with Crippen molar-refractivity contribution >= 4 is 23.7 Å². The number of carbonyl (C=O) groups is 2. The number of amides is 1. The highest BCUT2D eigenvalue weighted by atomic mass is 35.5. The molecule has 8 heteroatoms. The normalized spacial score (nSPS) is 15.0. The van der Waals surface area contributed by atoms with Crippen LogP contribution in [0.15, 0.2) is 30.5 Å². The average Bonchev–Trinajstić information content (AvgIpc) is 2.72. The number of rotatable bonds is 3. The van der Waals surface area contributed by atoms with E-state index in [0.29, 0.717) is 36.6 Å². The summed E-state index contributed by atoms with van der Waals surface area (Å²) in [6.45, 7) is 6.62. The van der Waals surface area contributed by atoms with Gasteiger partial charge in [-0.25, -0.2) is 14.0 Å². The molecule has 1 aliphatic heterocycles. The minimum Gasteiger partial charge on any atom is -0.465 e. The van der Waals surface area contributed by atoms with Gasteiger partial charge in [0.15, 0.2) is 0 Å². The van der Waals surface area contributed by atoms with Gasteiger partial charge in [-0.1, -0.05) is 11.6 Å². The molecular weight excluding hydrogens is 423 g/mol. The Kier molecular flexibility index (Phi) is 6.84. The van der Waals surface area contributed by atoms with E-state index in [9.17, 15) is 14.0 Å². The van der Waals surface area contributed by atoms with Gasteiger partial charge in [0.05, 0.1) is 23.4 Å². The van der Waals surface area contributed by atoms with E-state index < -0.39 is 17.4 Å². The molecule has 0 unspecified atom stereocenters. The zero-order valence-electron chi connectivity index (χ0n) is 18.1. The molecule has 1 aromatic carbocycles. The molecule has 6 nitrogen and oxygen atoms in total. The summed E-state index contributed by atoms with van der Waals surface area (Å²) in [5.41, 5.74) is 1.17. The summed E-state index contributed by atoms with van der Waals surface area (Å²) in [5, 5.41) is 0.506. The van der Waals surface area contributed by atoms with Crippen molar-refractivity contribution in [1.82, 2.24) is 9.88 Å². The number of hydrogen-bond donors (Lipinski definition) is 0. The molecule has 1 saturated heterocycles. The summed E-state index contributed by atoms with van der Waals surface area (Å²) in [4.78, 5) is 29.9. The Morgan fingerprint density at radius 2 is 1.87 bits per heavy atom. The molecule has 0 aliphatic carbocycles. The minimum atomic E-state index is -0.605. The maximum absolute atomic E-state index is 14.6. The molecule has 0 saturated carbocycles. The van der Waals surface area contributed by atoms with Gasteiger partial charge in [-0.2, -0.15) is 0 Å². The van der Waals surface area contributed by atoms with Crippen molar-refractivity contribution < 1.29 is 23.5 Å². The first kappa shape index (κ1) is 23.0. The highest BCUT2D eigenvalue weighted by Crippen LogP contribution is 2.35. The molecule has 31 heavy (non-hydrogen) atoms. The lowest BCUT2D eigenvalue weighted by Crippen LogP contribution is -2.41. The monoisotopic (exact) mass is 448 g/mol. The number of halogens is 2. The lowest BCUT2D eigenvalue weighted by atomic mass is 9.89. The van der Waals surface area contributed by atoms with E-state index in [-0.39, 0.29) is 23.1 Å². The van der Waals surface area contributed by atoms with Gasteiger partial charge in [0.1, 0.15) is 11.4 Å². The number of nitrogens with zero attached hydrogens (tertiary/aromatic N) is 2. The molecule has 1 aromatic heterocycles. The van der Waals surface area contributed by atoms with E-state index >= 15 is 0 Å². The molecule has 0 atom stereocenters. The summed E-state index contributed by atoms with van der Waals surface area (Å²) < 4.78 is 24.7. The fraction of sp³-hybridized carbons (Fsp3) is 0.435. The van der Waals surface area contributed by atoms with Gasteiger partial charge < -0.3 is 14.4 Å². The molecule has 0 bridgehead atoms. The van der Waals surface area contributed by atoms with Crippen LogP contribution in [0.3, 0.4) is 0 Å². The SMILES string of the molecule is COC(=O)c1ccc(-c2cc(C3CCN(C(=O)OC(C)(C)C)CC3)c(Cl)cn2)c(F)c1. The first-order chi connectivity index (χ1) is 14.6. The lowest BCUT2D eigenvalue weighted by molar-refractivity contribution is 0.0204. The maximum atomic E-state index is 14.6. The first-order valence-electron chi connectivity index (χ1n) is 10.1. The van der Waals surface area contributed by atoms with Crippen LogP contribution >= 0.6 is 11.6 Å². The van der Waals surface area contributed by atoms with E-state index in [1.54, 1.807) is 11.0 Å². The Morgan fingerprint density at radius 3 is 2.45 bits per heavy atom. The number of piperidine rings is 1. The molecule has 0 spiro atoms. The van der Waals surface area contributed by atoms with Gasteiger partial charge >= 0.3 is 12.1 Å². The third kappa shape index (κ3) is 5.53. The van der Waals surface area contributed by atoms with Gasteiger partial charge in [0, 0.05) is 24.8 Å². The smallest absolute Gasteiger partial charge is 0.410 e. The van der Waals surface area contributed by atoms with Crippen molar-refractivity contribution in [3.63, 3.8) is 0 Å². The molecular formula is C23H26ClFN2O4. The number of benzene rings is 1. The summed E-state index contributed by atoms with van der Waals surface area (Å²) in [6, 6.07) is 5.93. The zero-order chi connectivity index (χ0) is 22.8. The molecule has 1 amide bonds. The largest absolute Gasteiger partial charge is 0.465 e. The second kappa shape index (κ2) is 9.22. The third-order valence-electron chi connectivity index (χ3n) is 5.14. The molecule has 2 aromatic rings. The van der Waals surface area contributed by atoms with Crippen LogP contribution < -0.4 is 0 Å². The van der Waals surface area contributed by atoms with Crippen molar-refractivity contribution in [3.8, 4) is 11.3 Å². The second-order valence-electron chi connectivity index (χ2n) is 8.52. The molecule has 1 aliphatic rings. The van der Waals surface area contributed by atoms with Crippen LogP contribution in [0.5, 0.6) is 0 Å². The zero-order valence-corrected chi connectivity index (χ0v) is 18.8. The van der Waals surface area contributed by atoms with Crippen LogP contribution in [-0.2, 0) is 9.47 Å². The van der Waals surface area contributed by atoms with E-state index in [1.807, 2.05) is 20.8 Å². The molecule has 0 radical (unpaired) electrons. The number of esters is 1. The summed E-state index contributed by atoms with van der Waals surface area (Å²) in [7, 11) is 1.25. The van der Waals surface area contributed by atoms with Crippen molar-refractivity contribution in [1.29, 1.82) is 0 Å². The Hall–Kier alpha value is -2.67. The summed E-state index contributed by atoms with van der Waals surface area (Å²) in [6.07, 6.45) is 2.62. The number of aromatic nitrogens is 1. The standard InChI is InChI=1S/C23H26ClFN2O4/c1-23(2,3)31-22(29)27-9-7-14(8-10-27)17-12-20(26-13-18(17)24)16-6-5-15(11-19(16)25)21(28)30-4/h5-6,11-14H,7-10H2,1-4H3. The third-order valence-corrected chi connectivity index (χ3v) is 5.45. The van der Waals surface area contributed by atoms with E-state index in [1.165, 1.54) is 25.4 Å². The number of pyridine rings is 1. The number of methoxy groups -OCH3 is 1. The van der Waals surface area contributed by atoms with Crippen molar-refractivity contribution in [2.45, 2.75) is 45.1 Å². The maximum Gasteiger partial charge on any atom is 0.410 e. The van der Waals surface area contributed by atoms with Gasteiger partial charge in [-0.3, -0.25) is 4.98 Å². The van der Waals surface area contributed by atoms with Crippen LogP contribution in [0.4, 0.5) is 9.18 Å². The molecule has 1 fully saturated rings. The Balaban J connectivity index is 1.77. The van der Waals surface area contributed by atoms with Crippen molar-refractivity contribution in [3.05, 3.63) is 52.4 Å². The topological polar surface area (TPSA) is 68.7 Å². The van der Waals surface area contributed by atoms with Gasteiger partial charge in [0.25, 0.3) is 0 Å². The number of ether oxygens (including phenoxy) is 2. The van der Waals surface area contributed by atoms with Crippen molar-refractivity contribution in [2.75, 3.05) is 20.2 Å². The number of likely N-dealkylation sites (tertiary alicyclic amines) is 1. The lowest BCUT2D eigenvalue weighted by Gasteiger charge is -2.34. The predicted octanol–water partition coefficient (Wildman–Crippen LogP) is 5.44. The molecule has 0 N–H and O–H groups in total. The quantitative estimate of drug-likeness (QED) is 0.584. The molecule has 3 rings (SSSR count). The fourth-order valence-corrected chi connectivity index (χ4v) is 3.84.